The Labute approximate surface area is 142 Å². The molecule has 0 saturated heterocycles. The molecule has 1 aliphatic heterocycles. The summed E-state index contributed by atoms with van der Waals surface area (Å²) in [5.41, 5.74) is 2.49. The van der Waals surface area contributed by atoms with Gasteiger partial charge in [0.1, 0.15) is 6.26 Å². The summed E-state index contributed by atoms with van der Waals surface area (Å²) in [6.07, 6.45) is 3.60. The number of ether oxygens (including phenoxy) is 2. The first-order valence-corrected chi connectivity index (χ1v) is 8.19. The number of benzene rings is 1. The molecule has 2 aromatic heterocycles. The molecule has 0 bridgehead atoms. The molecule has 0 unspecified atom stereocenters. The first-order chi connectivity index (χ1) is 11.7. The number of carbonyl (C=O) groups is 1. The molecule has 24 heavy (non-hydrogen) atoms. The fourth-order valence-corrected chi connectivity index (χ4v) is 3.44. The zero-order valence-corrected chi connectivity index (χ0v) is 13.7. The molecule has 0 spiro atoms. The highest BCUT2D eigenvalue weighted by molar-refractivity contribution is 7.15. The third-order valence-corrected chi connectivity index (χ3v) is 4.77. The summed E-state index contributed by atoms with van der Waals surface area (Å²) in [6, 6.07) is 7.51. The standard InChI is InChI=1S/C17H14N2O4S/c1-10-15(7-11-2-3-13-14(6-11)23-9-22-13)24-17(18-10)19-16(20)12-4-5-21-8-12/h2-6,8H,7,9H2,1H3,(H,18,19,20). The van der Waals surface area contributed by atoms with E-state index in [-0.39, 0.29) is 12.7 Å². The molecule has 1 N–H and O–H groups in total. The van der Waals surface area contributed by atoms with Gasteiger partial charge in [-0.3, -0.25) is 10.1 Å². The zero-order valence-electron chi connectivity index (χ0n) is 12.9. The molecule has 3 aromatic rings. The molecule has 6 nitrogen and oxygen atoms in total. The summed E-state index contributed by atoms with van der Waals surface area (Å²) in [7, 11) is 0. The second-order valence-electron chi connectivity index (χ2n) is 5.36. The molecule has 1 aliphatic rings. The van der Waals surface area contributed by atoms with Crippen LogP contribution in [0, 0.1) is 6.92 Å². The second kappa shape index (κ2) is 6.01. The van der Waals surface area contributed by atoms with Crippen molar-refractivity contribution in [3.8, 4) is 11.5 Å². The van der Waals surface area contributed by atoms with Crippen LogP contribution in [0.15, 0.2) is 41.2 Å². The Kier molecular flexibility index (Phi) is 3.70. The normalized spacial score (nSPS) is 12.4. The van der Waals surface area contributed by atoms with E-state index < -0.39 is 0 Å². The molecule has 3 heterocycles. The van der Waals surface area contributed by atoms with Gasteiger partial charge in [-0.2, -0.15) is 0 Å². The minimum Gasteiger partial charge on any atom is -0.472 e. The Balaban J connectivity index is 1.50. The highest BCUT2D eigenvalue weighted by atomic mass is 32.1. The molecular formula is C17H14N2O4S. The van der Waals surface area contributed by atoms with Crippen molar-refractivity contribution in [3.63, 3.8) is 0 Å². The average Bonchev–Trinajstić information content (AvgIpc) is 3.29. The first-order valence-electron chi connectivity index (χ1n) is 7.37. The van der Waals surface area contributed by atoms with Crippen molar-refractivity contribution in [2.24, 2.45) is 0 Å². The molecule has 122 valence electrons. The maximum atomic E-state index is 12.0. The number of aromatic nitrogens is 1. The highest BCUT2D eigenvalue weighted by Gasteiger charge is 2.16. The summed E-state index contributed by atoms with van der Waals surface area (Å²) < 4.78 is 15.6. The van der Waals surface area contributed by atoms with Crippen molar-refractivity contribution in [1.29, 1.82) is 0 Å². The quantitative estimate of drug-likeness (QED) is 0.784. The molecule has 1 amide bonds. The predicted molar refractivity (Wildman–Crippen MR) is 88.9 cm³/mol. The molecule has 4 rings (SSSR count). The first kappa shape index (κ1) is 14.8. The molecule has 0 fully saturated rings. The second-order valence-corrected chi connectivity index (χ2v) is 6.44. The van der Waals surface area contributed by atoms with E-state index in [1.807, 2.05) is 25.1 Å². The van der Waals surface area contributed by atoms with Crippen LogP contribution in [0.5, 0.6) is 11.5 Å². The lowest BCUT2D eigenvalue weighted by Crippen LogP contribution is -2.10. The maximum absolute atomic E-state index is 12.0. The third-order valence-electron chi connectivity index (χ3n) is 3.70. The van der Waals surface area contributed by atoms with Crippen LogP contribution in [0.25, 0.3) is 0 Å². The van der Waals surface area contributed by atoms with Gasteiger partial charge in [-0.1, -0.05) is 6.07 Å². The largest absolute Gasteiger partial charge is 0.472 e. The van der Waals surface area contributed by atoms with Gasteiger partial charge in [-0.15, -0.1) is 11.3 Å². The summed E-state index contributed by atoms with van der Waals surface area (Å²) in [4.78, 5) is 17.6. The zero-order chi connectivity index (χ0) is 16.5. The molecule has 0 aliphatic carbocycles. The summed E-state index contributed by atoms with van der Waals surface area (Å²) in [6.45, 7) is 2.20. The van der Waals surface area contributed by atoms with Gasteiger partial charge in [0.2, 0.25) is 6.79 Å². The minimum atomic E-state index is -0.230. The molecular weight excluding hydrogens is 328 g/mol. The lowest BCUT2D eigenvalue weighted by Gasteiger charge is -2.02. The Morgan fingerprint density at radius 1 is 1.29 bits per heavy atom. The van der Waals surface area contributed by atoms with Crippen LogP contribution in [0.3, 0.4) is 0 Å². The highest BCUT2D eigenvalue weighted by Crippen LogP contribution is 2.34. The number of amides is 1. The lowest BCUT2D eigenvalue weighted by molar-refractivity contribution is 0.102. The molecule has 0 atom stereocenters. The monoisotopic (exact) mass is 342 g/mol. The summed E-state index contributed by atoms with van der Waals surface area (Å²) >= 11 is 1.47. The van der Waals surface area contributed by atoms with Gasteiger partial charge >= 0.3 is 0 Å². The Morgan fingerprint density at radius 2 is 2.17 bits per heavy atom. The van der Waals surface area contributed by atoms with Crippen LogP contribution in [0.2, 0.25) is 0 Å². The van der Waals surface area contributed by atoms with Crippen LogP contribution >= 0.6 is 11.3 Å². The van der Waals surface area contributed by atoms with Crippen molar-refractivity contribution in [1.82, 2.24) is 4.98 Å². The number of hydrogen-bond donors (Lipinski definition) is 1. The topological polar surface area (TPSA) is 73.6 Å². The van der Waals surface area contributed by atoms with Crippen molar-refractivity contribution in [3.05, 3.63) is 58.5 Å². The van der Waals surface area contributed by atoms with Crippen LogP contribution in [-0.4, -0.2) is 17.7 Å². The van der Waals surface area contributed by atoms with Gasteiger partial charge < -0.3 is 13.9 Å². The molecule has 0 radical (unpaired) electrons. The van der Waals surface area contributed by atoms with E-state index in [0.29, 0.717) is 10.7 Å². The van der Waals surface area contributed by atoms with E-state index in [9.17, 15) is 4.79 Å². The number of carbonyl (C=O) groups excluding carboxylic acids is 1. The average molecular weight is 342 g/mol. The number of furan rings is 1. The van der Waals surface area contributed by atoms with Crippen LogP contribution in [0.1, 0.15) is 26.5 Å². The number of anilines is 1. The van der Waals surface area contributed by atoms with E-state index in [2.05, 4.69) is 10.3 Å². The van der Waals surface area contributed by atoms with Crippen molar-refractivity contribution in [2.45, 2.75) is 13.3 Å². The third kappa shape index (κ3) is 2.85. The number of hydrogen-bond acceptors (Lipinski definition) is 6. The maximum Gasteiger partial charge on any atom is 0.260 e. The van der Waals surface area contributed by atoms with E-state index in [1.165, 1.54) is 23.9 Å². The SMILES string of the molecule is Cc1nc(NC(=O)c2ccoc2)sc1Cc1ccc2c(c1)OCO2. The lowest BCUT2D eigenvalue weighted by atomic mass is 10.1. The molecule has 1 aromatic carbocycles. The van der Waals surface area contributed by atoms with Crippen molar-refractivity contribution in [2.75, 3.05) is 12.1 Å². The number of fused-ring (bicyclic) bond motifs is 1. The fourth-order valence-electron chi connectivity index (χ4n) is 2.44. The van der Waals surface area contributed by atoms with Crippen molar-refractivity contribution < 1.29 is 18.7 Å². The van der Waals surface area contributed by atoms with Crippen LogP contribution in [-0.2, 0) is 6.42 Å². The van der Waals surface area contributed by atoms with E-state index in [1.54, 1.807) is 6.07 Å². The van der Waals surface area contributed by atoms with Gasteiger partial charge in [0, 0.05) is 11.3 Å². The van der Waals surface area contributed by atoms with Gasteiger partial charge in [0.25, 0.3) is 5.91 Å². The number of thiazole rings is 1. The Hall–Kier alpha value is -2.80. The van der Waals surface area contributed by atoms with Gasteiger partial charge in [-0.25, -0.2) is 4.98 Å². The minimum absolute atomic E-state index is 0.230. The Bertz CT molecular complexity index is 886. The predicted octanol–water partition coefficient (Wildman–Crippen LogP) is 3.62. The summed E-state index contributed by atoms with van der Waals surface area (Å²) in [5, 5.41) is 3.37. The van der Waals surface area contributed by atoms with E-state index in [0.717, 1.165) is 34.1 Å². The number of nitrogens with one attached hydrogen (secondary N) is 1. The van der Waals surface area contributed by atoms with Gasteiger partial charge in [0.15, 0.2) is 16.6 Å². The van der Waals surface area contributed by atoms with E-state index >= 15 is 0 Å². The smallest absolute Gasteiger partial charge is 0.260 e. The van der Waals surface area contributed by atoms with Gasteiger partial charge in [0.05, 0.1) is 17.5 Å². The van der Waals surface area contributed by atoms with Crippen molar-refractivity contribution >= 4 is 22.4 Å². The van der Waals surface area contributed by atoms with E-state index in [4.69, 9.17) is 13.9 Å². The van der Waals surface area contributed by atoms with Crippen LogP contribution < -0.4 is 14.8 Å². The van der Waals surface area contributed by atoms with Gasteiger partial charge in [-0.05, 0) is 30.7 Å². The molecule has 0 saturated carbocycles. The molecule has 7 heteroatoms. The fraction of sp³-hybridized carbons (Fsp3) is 0.176. The number of rotatable bonds is 4. The number of aryl methyl sites for hydroxylation is 1. The summed E-state index contributed by atoms with van der Waals surface area (Å²) in [5.74, 6) is 1.31. The van der Waals surface area contributed by atoms with Crippen LogP contribution in [0.4, 0.5) is 5.13 Å². The Morgan fingerprint density at radius 3 is 3.00 bits per heavy atom. The number of nitrogens with zero attached hydrogens (tertiary/aromatic N) is 1.